The number of ketones is 1. The number of benzene rings is 1. The van der Waals surface area contributed by atoms with Crippen molar-refractivity contribution in [3.8, 4) is 6.07 Å². The number of nitriles is 1. The van der Waals surface area contributed by atoms with Gasteiger partial charge in [-0.15, -0.1) is 11.6 Å². The van der Waals surface area contributed by atoms with Crippen LogP contribution in [0.1, 0.15) is 21.5 Å². The first-order valence-electron chi connectivity index (χ1n) is 3.89. The number of aryl methyl sites for hydroxylation is 1. The third-order valence-corrected chi connectivity index (χ3v) is 2.86. The van der Waals surface area contributed by atoms with Gasteiger partial charge in [0.2, 0.25) is 0 Å². The van der Waals surface area contributed by atoms with E-state index in [0.29, 0.717) is 11.1 Å². The summed E-state index contributed by atoms with van der Waals surface area (Å²) in [4.78, 5) is 11.4. The molecule has 14 heavy (non-hydrogen) atoms. The van der Waals surface area contributed by atoms with Crippen molar-refractivity contribution in [3.05, 3.63) is 32.4 Å². The molecule has 0 saturated carbocycles. The first kappa shape index (κ1) is 11.5. The molecule has 0 radical (unpaired) electrons. The molecule has 0 aromatic heterocycles. The Bertz CT molecular complexity index is 423. The zero-order valence-corrected chi connectivity index (χ0v) is 10.4. The number of hydrogen-bond acceptors (Lipinski definition) is 2. The monoisotopic (exact) mass is 319 g/mol. The molecule has 2 nitrogen and oxygen atoms in total. The first-order chi connectivity index (χ1) is 6.60. The van der Waals surface area contributed by atoms with E-state index in [4.69, 9.17) is 16.9 Å². The van der Waals surface area contributed by atoms with E-state index in [-0.39, 0.29) is 11.7 Å². The number of carbonyl (C=O) groups is 1. The Labute approximate surface area is 101 Å². The molecule has 0 saturated heterocycles. The van der Waals surface area contributed by atoms with E-state index < -0.39 is 0 Å². The molecule has 1 aromatic carbocycles. The van der Waals surface area contributed by atoms with Gasteiger partial charge < -0.3 is 0 Å². The largest absolute Gasteiger partial charge is 0.293 e. The summed E-state index contributed by atoms with van der Waals surface area (Å²) in [6.07, 6.45) is 0. The average Bonchev–Trinajstić information content (AvgIpc) is 2.15. The molecule has 0 fully saturated rings. The van der Waals surface area contributed by atoms with Gasteiger partial charge in [0.25, 0.3) is 0 Å². The van der Waals surface area contributed by atoms with Crippen LogP contribution in [0.15, 0.2) is 12.1 Å². The lowest BCUT2D eigenvalue weighted by molar-refractivity contribution is 0.102. The van der Waals surface area contributed by atoms with E-state index in [0.717, 1.165) is 9.13 Å². The van der Waals surface area contributed by atoms with Crippen LogP contribution >= 0.6 is 34.2 Å². The van der Waals surface area contributed by atoms with Crippen LogP contribution in [0.2, 0.25) is 0 Å². The fourth-order valence-corrected chi connectivity index (χ4v) is 2.19. The summed E-state index contributed by atoms with van der Waals surface area (Å²) >= 11 is 7.50. The summed E-state index contributed by atoms with van der Waals surface area (Å²) in [6, 6.07) is 5.58. The van der Waals surface area contributed by atoms with Crippen LogP contribution in [0.3, 0.4) is 0 Å². The van der Waals surface area contributed by atoms with Gasteiger partial charge in [0.15, 0.2) is 5.78 Å². The van der Waals surface area contributed by atoms with E-state index in [1.165, 1.54) is 0 Å². The second-order valence-corrected chi connectivity index (χ2v) is 4.27. The lowest BCUT2D eigenvalue weighted by Crippen LogP contribution is -2.05. The van der Waals surface area contributed by atoms with Crippen molar-refractivity contribution in [1.82, 2.24) is 0 Å². The molecule has 0 heterocycles. The molecule has 72 valence electrons. The Morgan fingerprint density at radius 1 is 1.64 bits per heavy atom. The van der Waals surface area contributed by atoms with Gasteiger partial charge in [0.05, 0.1) is 11.4 Å². The minimum absolute atomic E-state index is 0.0891. The topological polar surface area (TPSA) is 40.9 Å². The standard InChI is InChI=1S/C10H7ClINO/c1-6-2-7(10(14)4-11)8(5-13)9(12)3-6/h2-3H,4H2,1H3. The number of nitrogens with zero attached hydrogens (tertiary/aromatic N) is 1. The molecule has 0 spiro atoms. The molecule has 0 aliphatic heterocycles. The SMILES string of the molecule is Cc1cc(I)c(C#N)c(C(=O)CCl)c1. The predicted octanol–water partition coefficient (Wildman–Crippen LogP) is 2.89. The molecule has 0 unspecified atom stereocenters. The maximum Gasteiger partial charge on any atom is 0.178 e. The zero-order valence-electron chi connectivity index (χ0n) is 7.47. The molecule has 4 heteroatoms. The molecule has 1 aromatic rings. The van der Waals surface area contributed by atoms with Gasteiger partial charge in [-0.05, 0) is 47.2 Å². The molecular formula is C10H7ClINO. The third-order valence-electron chi connectivity index (χ3n) is 1.77. The Morgan fingerprint density at radius 2 is 2.29 bits per heavy atom. The van der Waals surface area contributed by atoms with Crippen LogP contribution in [0.5, 0.6) is 0 Å². The molecule has 0 atom stereocenters. The van der Waals surface area contributed by atoms with Gasteiger partial charge in [0, 0.05) is 9.13 Å². The smallest absolute Gasteiger partial charge is 0.178 e. The van der Waals surface area contributed by atoms with Gasteiger partial charge in [-0.2, -0.15) is 5.26 Å². The molecule has 0 amide bonds. The van der Waals surface area contributed by atoms with E-state index in [2.05, 4.69) is 0 Å². The minimum atomic E-state index is -0.204. The summed E-state index contributed by atoms with van der Waals surface area (Å²) in [6.45, 7) is 1.88. The molecule has 0 aliphatic carbocycles. The first-order valence-corrected chi connectivity index (χ1v) is 5.51. The van der Waals surface area contributed by atoms with Crippen molar-refractivity contribution >= 4 is 40.0 Å². The fraction of sp³-hybridized carbons (Fsp3) is 0.200. The quantitative estimate of drug-likeness (QED) is 0.478. The number of carbonyl (C=O) groups excluding carboxylic acids is 1. The van der Waals surface area contributed by atoms with Gasteiger partial charge in [0.1, 0.15) is 6.07 Å². The van der Waals surface area contributed by atoms with Crippen LogP contribution in [0.4, 0.5) is 0 Å². The lowest BCUT2D eigenvalue weighted by atomic mass is 10.0. The van der Waals surface area contributed by atoms with E-state index >= 15 is 0 Å². The van der Waals surface area contributed by atoms with E-state index in [1.54, 1.807) is 6.07 Å². The minimum Gasteiger partial charge on any atom is -0.293 e. The molecule has 1 rings (SSSR count). The Hall–Kier alpha value is -0.600. The van der Waals surface area contributed by atoms with Crippen molar-refractivity contribution in [2.24, 2.45) is 0 Å². The molecule has 0 N–H and O–H groups in total. The average molecular weight is 320 g/mol. The predicted molar refractivity (Wildman–Crippen MR) is 63.7 cm³/mol. The molecule has 0 aliphatic rings. The number of alkyl halides is 1. The molecular weight excluding hydrogens is 312 g/mol. The van der Waals surface area contributed by atoms with Crippen molar-refractivity contribution in [2.75, 3.05) is 5.88 Å². The maximum atomic E-state index is 11.4. The van der Waals surface area contributed by atoms with Crippen molar-refractivity contribution in [2.45, 2.75) is 6.92 Å². The van der Waals surface area contributed by atoms with Crippen molar-refractivity contribution < 1.29 is 4.79 Å². The van der Waals surface area contributed by atoms with E-state index in [9.17, 15) is 4.79 Å². The Balaban J connectivity index is 3.41. The van der Waals surface area contributed by atoms with Gasteiger partial charge in [-0.3, -0.25) is 4.79 Å². The highest BCUT2D eigenvalue weighted by molar-refractivity contribution is 14.1. The van der Waals surface area contributed by atoms with Crippen molar-refractivity contribution in [3.63, 3.8) is 0 Å². The van der Waals surface area contributed by atoms with Gasteiger partial charge >= 0.3 is 0 Å². The summed E-state index contributed by atoms with van der Waals surface area (Å²) in [5.41, 5.74) is 1.80. The second-order valence-electron chi connectivity index (χ2n) is 2.84. The van der Waals surface area contributed by atoms with Crippen LogP contribution in [-0.4, -0.2) is 11.7 Å². The van der Waals surface area contributed by atoms with Crippen LogP contribution in [0.25, 0.3) is 0 Å². The highest BCUT2D eigenvalue weighted by Gasteiger charge is 2.13. The lowest BCUT2D eigenvalue weighted by Gasteiger charge is -2.04. The van der Waals surface area contributed by atoms with E-state index in [1.807, 2.05) is 41.7 Å². The Morgan fingerprint density at radius 3 is 2.79 bits per heavy atom. The number of halogens is 2. The third kappa shape index (κ3) is 2.25. The normalized spacial score (nSPS) is 9.57. The highest BCUT2D eigenvalue weighted by Crippen LogP contribution is 2.19. The number of rotatable bonds is 2. The highest BCUT2D eigenvalue weighted by atomic mass is 127. The number of Topliss-reactive ketones (excluding diaryl/α,β-unsaturated/α-hetero) is 1. The summed E-state index contributed by atoms with van der Waals surface area (Å²) < 4.78 is 0.790. The van der Waals surface area contributed by atoms with Crippen LogP contribution in [-0.2, 0) is 0 Å². The summed E-state index contributed by atoms with van der Waals surface area (Å²) in [7, 11) is 0. The summed E-state index contributed by atoms with van der Waals surface area (Å²) in [5, 5.41) is 8.88. The van der Waals surface area contributed by atoms with Gasteiger partial charge in [-0.25, -0.2) is 0 Å². The van der Waals surface area contributed by atoms with Crippen LogP contribution < -0.4 is 0 Å². The van der Waals surface area contributed by atoms with Crippen LogP contribution in [0, 0.1) is 21.8 Å². The number of hydrogen-bond donors (Lipinski definition) is 0. The molecule has 0 bridgehead atoms. The van der Waals surface area contributed by atoms with Gasteiger partial charge in [-0.1, -0.05) is 0 Å². The Kier molecular flexibility index (Phi) is 3.90. The maximum absolute atomic E-state index is 11.4. The zero-order chi connectivity index (χ0) is 10.7. The van der Waals surface area contributed by atoms with Crippen molar-refractivity contribution in [1.29, 1.82) is 5.26 Å². The second kappa shape index (κ2) is 4.76. The summed E-state index contributed by atoms with van der Waals surface area (Å²) in [5.74, 6) is -0.293. The fourth-order valence-electron chi connectivity index (χ4n) is 1.15.